The van der Waals surface area contributed by atoms with Crippen LogP contribution in [0.2, 0.25) is 0 Å². The first-order valence-corrected chi connectivity index (χ1v) is 10.3. The van der Waals surface area contributed by atoms with E-state index in [-0.39, 0.29) is 30.6 Å². The quantitative estimate of drug-likeness (QED) is 0.553. The molecule has 0 saturated carbocycles. The molecule has 1 heterocycles. The third kappa shape index (κ3) is 4.84. The number of morpholine rings is 1. The maximum atomic E-state index is 12.7. The first-order valence-electron chi connectivity index (χ1n) is 10.3. The summed E-state index contributed by atoms with van der Waals surface area (Å²) in [6.07, 6.45) is 0.336. The molecule has 0 radical (unpaired) electrons. The zero-order chi connectivity index (χ0) is 20.8. The Morgan fingerprint density at radius 1 is 0.800 bits per heavy atom. The first kappa shape index (κ1) is 20.0. The minimum absolute atomic E-state index is 0.00386. The molecule has 0 N–H and O–H groups in total. The summed E-state index contributed by atoms with van der Waals surface area (Å²) in [5, 5.41) is 0. The Bertz CT molecular complexity index is 984. The number of carbonyl (C=O) groups is 2. The summed E-state index contributed by atoms with van der Waals surface area (Å²) >= 11 is 0. The number of ketones is 1. The van der Waals surface area contributed by atoms with Crippen LogP contribution in [0.1, 0.15) is 34.9 Å². The smallest absolute Gasteiger partial charge is 0.223 e. The summed E-state index contributed by atoms with van der Waals surface area (Å²) in [4.78, 5) is 27.1. The molecule has 1 unspecified atom stereocenters. The molecule has 1 atom stereocenters. The molecular formula is C26H25NO3. The Morgan fingerprint density at radius 3 is 2.13 bits per heavy atom. The van der Waals surface area contributed by atoms with Crippen molar-refractivity contribution in [3.63, 3.8) is 0 Å². The largest absolute Gasteiger partial charge is 0.370 e. The summed E-state index contributed by atoms with van der Waals surface area (Å²) in [6.45, 7) is 1.62. The van der Waals surface area contributed by atoms with Gasteiger partial charge in [0, 0.05) is 24.9 Å². The van der Waals surface area contributed by atoms with Gasteiger partial charge in [-0.1, -0.05) is 84.9 Å². The van der Waals surface area contributed by atoms with Gasteiger partial charge in [0.1, 0.15) is 6.10 Å². The van der Waals surface area contributed by atoms with Crippen molar-refractivity contribution in [1.82, 2.24) is 4.90 Å². The number of nitrogens with zero attached hydrogens (tertiary/aromatic N) is 1. The molecule has 0 bridgehead atoms. The minimum Gasteiger partial charge on any atom is -0.370 e. The fraction of sp³-hybridized carbons (Fsp3) is 0.231. The zero-order valence-electron chi connectivity index (χ0n) is 16.9. The van der Waals surface area contributed by atoms with Gasteiger partial charge in [-0.25, -0.2) is 0 Å². The minimum atomic E-state index is -0.106. The van der Waals surface area contributed by atoms with Crippen LogP contribution in [0.3, 0.4) is 0 Å². The highest BCUT2D eigenvalue weighted by Crippen LogP contribution is 2.23. The van der Waals surface area contributed by atoms with Crippen LogP contribution in [0, 0.1) is 0 Å². The lowest BCUT2D eigenvalue weighted by Crippen LogP contribution is -2.42. The van der Waals surface area contributed by atoms with Crippen molar-refractivity contribution >= 4 is 11.7 Å². The molecule has 1 aliphatic rings. The van der Waals surface area contributed by atoms with Crippen LogP contribution >= 0.6 is 0 Å². The van der Waals surface area contributed by atoms with E-state index in [9.17, 15) is 9.59 Å². The third-order valence-corrected chi connectivity index (χ3v) is 5.47. The van der Waals surface area contributed by atoms with Gasteiger partial charge in [-0.15, -0.1) is 0 Å². The summed E-state index contributed by atoms with van der Waals surface area (Å²) in [6, 6.07) is 27.6. The molecule has 3 aromatic carbocycles. The van der Waals surface area contributed by atoms with Crippen molar-refractivity contribution in [3.05, 3.63) is 96.1 Å². The number of hydrogen-bond acceptors (Lipinski definition) is 3. The summed E-state index contributed by atoms with van der Waals surface area (Å²) in [5.41, 5.74) is 3.91. The van der Waals surface area contributed by atoms with Gasteiger partial charge in [-0.05, 0) is 16.7 Å². The lowest BCUT2D eigenvalue weighted by atomic mass is 10.0. The molecule has 3 aromatic rings. The highest BCUT2D eigenvalue weighted by Gasteiger charge is 2.25. The Morgan fingerprint density at radius 2 is 1.43 bits per heavy atom. The van der Waals surface area contributed by atoms with Crippen molar-refractivity contribution in [2.45, 2.75) is 18.9 Å². The fourth-order valence-corrected chi connectivity index (χ4v) is 3.75. The van der Waals surface area contributed by atoms with Crippen LogP contribution in [0.25, 0.3) is 11.1 Å². The number of Topliss-reactive ketones (excluding diaryl/α,β-unsaturated/α-hetero) is 1. The molecule has 0 spiro atoms. The van der Waals surface area contributed by atoms with Gasteiger partial charge < -0.3 is 9.64 Å². The lowest BCUT2D eigenvalue weighted by Gasteiger charge is -2.33. The van der Waals surface area contributed by atoms with Crippen LogP contribution in [0.15, 0.2) is 84.9 Å². The van der Waals surface area contributed by atoms with E-state index < -0.39 is 0 Å². The Kier molecular flexibility index (Phi) is 6.35. The van der Waals surface area contributed by atoms with E-state index >= 15 is 0 Å². The normalized spacial score (nSPS) is 16.3. The van der Waals surface area contributed by atoms with Crippen LogP contribution in [0.4, 0.5) is 0 Å². The number of benzene rings is 3. The number of carbonyl (C=O) groups excluding carboxylic acids is 2. The predicted molar refractivity (Wildman–Crippen MR) is 117 cm³/mol. The van der Waals surface area contributed by atoms with E-state index in [2.05, 4.69) is 0 Å². The van der Waals surface area contributed by atoms with Crippen LogP contribution in [0.5, 0.6) is 0 Å². The molecule has 1 fully saturated rings. The number of ether oxygens (including phenoxy) is 1. The Balaban J connectivity index is 1.31. The number of amides is 1. The van der Waals surface area contributed by atoms with E-state index in [1.807, 2.05) is 89.8 Å². The average molecular weight is 399 g/mol. The van der Waals surface area contributed by atoms with E-state index in [0.717, 1.165) is 16.7 Å². The maximum absolute atomic E-state index is 12.7. The molecule has 1 saturated heterocycles. The maximum Gasteiger partial charge on any atom is 0.223 e. The van der Waals surface area contributed by atoms with Crippen LogP contribution in [-0.2, 0) is 9.53 Å². The standard InChI is InChI=1S/C26H25NO3/c28-24(22-13-11-21(12-14-22)20-7-3-1-4-8-20)15-16-26(29)27-17-18-30-25(19-27)23-9-5-2-6-10-23/h1-14,25H,15-19H2. The monoisotopic (exact) mass is 399 g/mol. The highest BCUT2D eigenvalue weighted by molar-refractivity contribution is 5.98. The topological polar surface area (TPSA) is 46.6 Å². The van der Waals surface area contributed by atoms with Crippen molar-refractivity contribution < 1.29 is 14.3 Å². The van der Waals surface area contributed by atoms with Gasteiger partial charge in [-0.3, -0.25) is 9.59 Å². The van der Waals surface area contributed by atoms with Gasteiger partial charge >= 0.3 is 0 Å². The molecule has 4 rings (SSSR count). The zero-order valence-corrected chi connectivity index (χ0v) is 16.9. The molecule has 152 valence electrons. The van der Waals surface area contributed by atoms with Crippen LogP contribution < -0.4 is 0 Å². The van der Waals surface area contributed by atoms with Gasteiger partial charge in [0.05, 0.1) is 13.2 Å². The predicted octanol–water partition coefficient (Wildman–Crippen LogP) is 4.92. The van der Waals surface area contributed by atoms with Crippen molar-refractivity contribution in [2.24, 2.45) is 0 Å². The van der Waals surface area contributed by atoms with E-state index in [4.69, 9.17) is 4.74 Å². The molecule has 30 heavy (non-hydrogen) atoms. The van der Waals surface area contributed by atoms with E-state index in [1.54, 1.807) is 0 Å². The van der Waals surface area contributed by atoms with E-state index in [1.165, 1.54) is 0 Å². The lowest BCUT2D eigenvalue weighted by molar-refractivity contribution is -0.139. The van der Waals surface area contributed by atoms with Gasteiger partial charge in [0.25, 0.3) is 0 Å². The van der Waals surface area contributed by atoms with Gasteiger partial charge in [0.2, 0.25) is 5.91 Å². The molecule has 4 heteroatoms. The van der Waals surface area contributed by atoms with Crippen molar-refractivity contribution in [3.8, 4) is 11.1 Å². The summed E-state index contributed by atoms with van der Waals surface area (Å²) in [5.74, 6) is 0.00400. The number of hydrogen-bond donors (Lipinski definition) is 0. The third-order valence-electron chi connectivity index (χ3n) is 5.47. The Hall–Kier alpha value is -3.24. The van der Waals surface area contributed by atoms with Gasteiger partial charge in [0.15, 0.2) is 5.78 Å². The second-order valence-electron chi connectivity index (χ2n) is 7.48. The molecule has 4 nitrogen and oxygen atoms in total. The number of rotatable bonds is 6. The Labute approximate surface area is 177 Å². The second-order valence-corrected chi connectivity index (χ2v) is 7.48. The van der Waals surface area contributed by atoms with Crippen molar-refractivity contribution in [2.75, 3.05) is 19.7 Å². The van der Waals surface area contributed by atoms with E-state index in [0.29, 0.717) is 25.3 Å². The van der Waals surface area contributed by atoms with Gasteiger partial charge in [-0.2, -0.15) is 0 Å². The molecule has 0 aliphatic carbocycles. The van der Waals surface area contributed by atoms with Crippen LogP contribution in [-0.4, -0.2) is 36.3 Å². The summed E-state index contributed by atoms with van der Waals surface area (Å²) < 4.78 is 5.83. The molecular weight excluding hydrogens is 374 g/mol. The molecule has 1 aliphatic heterocycles. The fourth-order valence-electron chi connectivity index (χ4n) is 3.75. The molecule has 0 aromatic heterocycles. The van der Waals surface area contributed by atoms with Crippen molar-refractivity contribution in [1.29, 1.82) is 0 Å². The first-order chi connectivity index (χ1) is 14.7. The summed E-state index contributed by atoms with van der Waals surface area (Å²) in [7, 11) is 0. The second kappa shape index (κ2) is 9.51. The SMILES string of the molecule is O=C(CCC(=O)N1CCOC(c2ccccc2)C1)c1ccc(-c2ccccc2)cc1. The molecule has 1 amide bonds. The average Bonchev–Trinajstić information content (AvgIpc) is 2.83. The highest BCUT2D eigenvalue weighted by atomic mass is 16.5.